The summed E-state index contributed by atoms with van der Waals surface area (Å²) in [6.07, 6.45) is 4.40. The number of amides is 1. The molecule has 26 heavy (non-hydrogen) atoms. The number of nitrogen functional groups attached to an aromatic ring is 1. The van der Waals surface area contributed by atoms with E-state index >= 15 is 0 Å². The fourth-order valence-electron chi connectivity index (χ4n) is 3.62. The maximum atomic E-state index is 13.1. The molecule has 2 heterocycles. The molecule has 6 nitrogen and oxygen atoms in total. The van der Waals surface area contributed by atoms with Crippen molar-refractivity contribution in [1.29, 1.82) is 0 Å². The van der Waals surface area contributed by atoms with E-state index in [0.717, 1.165) is 32.5 Å². The molecule has 7 heteroatoms. The highest BCUT2D eigenvalue weighted by Crippen LogP contribution is 2.43. The second kappa shape index (κ2) is 8.35. The zero-order valence-corrected chi connectivity index (χ0v) is 16.3. The van der Waals surface area contributed by atoms with Crippen molar-refractivity contribution >= 4 is 23.2 Å². The molecule has 0 bridgehead atoms. The van der Waals surface area contributed by atoms with Crippen molar-refractivity contribution in [3.05, 3.63) is 16.7 Å². The monoisotopic (exact) mass is 381 g/mol. The maximum absolute atomic E-state index is 13.1. The molecule has 1 amide bonds. The van der Waals surface area contributed by atoms with Gasteiger partial charge in [-0.2, -0.15) is 0 Å². The van der Waals surface area contributed by atoms with Gasteiger partial charge in [0, 0.05) is 26.2 Å². The molecule has 1 saturated heterocycles. The molecule has 1 fully saturated rings. The Balaban J connectivity index is 1.73. The molecule has 2 aliphatic heterocycles. The van der Waals surface area contributed by atoms with Crippen LogP contribution in [0.25, 0.3) is 0 Å². The standard InChI is InChI=1S/C19H28ClN3O3/c1-3-4-7-23-8-5-13(6-9-23)22(2)19(24)14-12-15(20)16(21)18-17(14)25-10-11-26-18/h12-13H,3-11,21H2,1-2H3. The lowest BCUT2D eigenvalue weighted by molar-refractivity contribution is 0.0632. The molecule has 0 radical (unpaired) electrons. The van der Waals surface area contributed by atoms with Crippen LogP contribution in [0.4, 0.5) is 5.69 Å². The van der Waals surface area contributed by atoms with E-state index < -0.39 is 0 Å². The van der Waals surface area contributed by atoms with Crippen molar-refractivity contribution in [1.82, 2.24) is 9.80 Å². The molecule has 0 aromatic heterocycles. The van der Waals surface area contributed by atoms with Gasteiger partial charge in [0.2, 0.25) is 0 Å². The summed E-state index contributed by atoms with van der Waals surface area (Å²) in [4.78, 5) is 17.4. The number of carbonyl (C=O) groups is 1. The summed E-state index contributed by atoms with van der Waals surface area (Å²) >= 11 is 6.21. The molecule has 2 N–H and O–H groups in total. The van der Waals surface area contributed by atoms with E-state index in [1.807, 2.05) is 11.9 Å². The topological polar surface area (TPSA) is 68.0 Å². The van der Waals surface area contributed by atoms with Crippen LogP contribution in [0.5, 0.6) is 11.5 Å². The number of ether oxygens (including phenoxy) is 2. The largest absolute Gasteiger partial charge is 0.485 e. The Bertz CT molecular complexity index is 660. The molecule has 0 unspecified atom stereocenters. The van der Waals surface area contributed by atoms with E-state index in [4.69, 9.17) is 26.8 Å². The predicted molar refractivity (Wildman–Crippen MR) is 103 cm³/mol. The van der Waals surface area contributed by atoms with Gasteiger partial charge < -0.3 is 25.0 Å². The summed E-state index contributed by atoms with van der Waals surface area (Å²) in [6.45, 7) is 6.21. The molecule has 0 saturated carbocycles. The third-order valence-corrected chi connectivity index (χ3v) is 5.60. The van der Waals surface area contributed by atoms with Gasteiger partial charge in [-0.25, -0.2) is 0 Å². The van der Waals surface area contributed by atoms with Gasteiger partial charge in [0.25, 0.3) is 5.91 Å². The molecule has 0 aliphatic carbocycles. The van der Waals surface area contributed by atoms with Crippen LogP contribution in [0.3, 0.4) is 0 Å². The number of anilines is 1. The third kappa shape index (κ3) is 3.86. The van der Waals surface area contributed by atoms with Gasteiger partial charge in [0.1, 0.15) is 13.2 Å². The fraction of sp³-hybridized carbons (Fsp3) is 0.632. The first-order valence-corrected chi connectivity index (χ1v) is 9.77. The highest BCUT2D eigenvalue weighted by atomic mass is 35.5. The lowest BCUT2D eigenvalue weighted by Crippen LogP contribution is -2.45. The second-order valence-electron chi connectivity index (χ2n) is 7.02. The lowest BCUT2D eigenvalue weighted by atomic mass is 10.0. The van der Waals surface area contributed by atoms with E-state index in [1.165, 1.54) is 12.8 Å². The van der Waals surface area contributed by atoms with Crippen molar-refractivity contribution in [2.24, 2.45) is 0 Å². The number of nitrogens with zero attached hydrogens (tertiary/aromatic N) is 2. The number of rotatable bonds is 5. The maximum Gasteiger partial charge on any atom is 0.257 e. The Labute approximate surface area is 160 Å². The van der Waals surface area contributed by atoms with Crippen LogP contribution in [-0.2, 0) is 0 Å². The minimum absolute atomic E-state index is 0.0966. The van der Waals surface area contributed by atoms with Crippen molar-refractivity contribution in [3.63, 3.8) is 0 Å². The van der Waals surface area contributed by atoms with Crippen molar-refractivity contribution in [2.75, 3.05) is 45.6 Å². The summed E-state index contributed by atoms with van der Waals surface area (Å²) in [5, 5.41) is 0.320. The highest BCUT2D eigenvalue weighted by molar-refractivity contribution is 6.34. The molecule has 3 rings (SSSR count). The number of piperidine rings is 1. The molecular weight excluding hydrogens is 354 g/mol. The van der Waals surface area contributed by atoms with E-state index in [2.05, 4.69) is 11.8 Å². The van der Waals surface area contributed by atoms with Crippen LogP contribution >= 0.6 is 11.6 Å². The third-order valence-electron chi connectivity index (χ3n) is 5.28. The molecule has 2 aliphatic rings. The predicted octanol–water partition coefficient (Wildman–Crippen LogP) is 3.03. The normalized spacial score (nSPS) is 18.0. The zero-order chi connectivity index (χ0) is 18.7. The summed E-state index contributed by atoms with van der Waals surface area (Å²) in [5.41, 5.74) is 6.73. The van der Waals surface area contributed by atoms with E-state index in [0.29, 0.717) is 41.0 Å². The quantitative estimate of drug-likeness (QED) is 0.794. The van der Waals surface area contributed by atoms with Crippen molar-refractivity contribution in [2.45, 2.75) is 38.6 Å². The summed E-state index contributed by atoms with van der Waals surface area (Å²) in [7, 11) is 1.86. The first-order valence-electron chi connectivity index (χ1n) is 9.40. The van der Waals surface area contributed by atoms with Gasteiger partial charge in [-0.1, -0.05) is 24.9 Å². The first-order chi connectivity index (χ1) is 12.5. The fourth-order valence-corrected chi connectivity index (χ4v) is 3.82. The molecule has 1 aromatic rings. The van der Waals surface area contributed by atoms with Crippen LogP contribution in [0, 0.1) is 0 Å². The number of benzene rings is 1. The molecule has 1 aromatic carbocycles. The smallest absolute Gasteiger partial charge is 0.257 e. The summed E-state index contributed by atoms with van der Waals surface area (Å²) in [6, 6.07) is 1.82. The van der Waals surface area contributed by atoms with E-state index in [-0.39, 0.29) is 11.9 Å². The van der Waals surface area contributed by atoms with Crippen LogP contribution < -0.4 is 15.2 Å². The number of carbonyl (C=O) groups excluding carboxylic acids is 1. The average molecular weight is 382 g/mol. The summed E-state index contributed by atoms with van der Waals surface area (Å²) < 4.78 is 11.3. The number of likely N-dealkylation sites (tertiary alicyclic amines) is 1. The van der Waals surface area contributed by atoms with Crippen LogP contribution in [-0.4, -0.2) is 61.6 Å². The number of hydrogen-bond donors (Lipinski definition) is 1. The molecular formula is C19H28ClN3O3. The Hall–Kier alpha value is -1.66. The Kier molecular flexibility index (Phi) is 6.14. The lowest BCUT2D eigenvalue weighted by Gasteiger charge is -2.37. The first kappa shape index (κ1) is 19.1. The SMILES string of the molecule is CCCCN1CCC(N(C)C(=O)c2cc(Cl)c(N)c3c2OCCO3)CC1. The number of fused-ring (bicyclic) bond motifs is 1. The Morgan fingerprint density at radius 2 is 1.96 bits per heavy atom. The van der Waals surface area contributed by atoms with Crippen molar-refractivity contribution in [3.8, 4) is 11.5 Å². The van der Waals surface area contributed by atoms with Crippen LogP contribution in [0.2, 0.25) is 5.02 Å². The van der Waals surface area contributed by atoms with Gasteiger partial charge in [-0.3, -0.25) is 4.79 Å². The average Bonchev–Trinajstić information content (AvgIpc) is 2.68. The van der Waals surface area contributed by atoms with Gasteiger partial charge in [-0.05, 0) is 31.9 Å². The number of hydrogen-bond acceptors (Lipinski definition) is 5. The summed E-state index contributed by atoms with van der Waals surface area (Å²) in [5.74, 6) is 0.700. The Morgan fingerprint density at radius 3 is 2.62 bits per heavy atom. The van der Waals surface area contributed by atoms with Crippen LogP contribution in [0.15, 0.2) is 6.07 Å². The molecule has 0 spiro atoms. The number of unbranched alkanes of at least 4 members (excludes halogenated alkanes) is 1. The highest BCUT2D eigenvalue weighted by Gasteiger charge is 2.31. The van der Waals surface area contributed by atoms with E-state index in [1.54, 1.807) is 6.07 Å². The van der Waals surface area contributed by atoms with Gasteiger partial charge in [0.15, 0.2) is 11.5 Å². The minimum atomic E-state index is -0.0966. The minimum Gasteiger partial charge on any atom is -0.485 e. The molecule has 0 atom stereocenters. The number of nitrogens with two attached hydrogens (primary N) is 1. The zero-order valence-electron chi connectivity index (χ0n) is 15.6. The molecule has 144 valence electrons. The number of halogens is 1. The van der Waals surface area contributed by atoms with Crippen molar-refractivity contribution < 1.29 is 14.3 Å². The van der Waals surface area contributed by atoms with Gasteiger partial charge >= 0.3 is 0 Å². The Morgan fingerprint density at radius 1 is 1.31 bits per heavy atom. The second-order valence-corrected chi connectivity index (χ2v) is 7.42. The van der Waals surface area contributed by atoms with Gasteiger partial charge in [-0.15, -0.1) is 0 Å². The van der Waals surface area contributed by atoms with Crippen LogP contribution in [0.1, 0.15) is 43.0 Å². The van der Waals surface area contributed by atoms with E-state index in [9.17, 15) is 4.79 Å². The van der Waals surface area contributed by atoms with Gasteiger partial charge in [0.05, 0.1) is 16.3 Å².